The minimum absolute atomic E-state index is 0.154. The van der Waals surface area contributed by atoms with Crippen LogP contribution < -0.4 is 5.32 Å². The number of nitrogens with one attached hydrogen (secondary N) is 1. The number of carbonyl (C=O) groups excluding carboxylic acids is 3. The maximum atomic E-state index is 12.0. The summed E-state index contributed by atoms with van der Waals surface area (Å²) in [7, 11) is 0. The quantitative estimate of drug-likeness (QED) is 0.618. The van der Waals surface area contributed by atoms with Gasteiger partial charge < -0.3 is 24.3 Å². The van der Waals surface area contributed by atoms with Crippen molar-refractivity contribution in [2.24, 2.45) is 0 Å². The highest BCUT2D eigenvalue weighted by Gasteiger charge is 2.41. The average molecular weight is 331 g/mol. The predicted octanol–water partition coefficient (Wildman–Crippen LogP) is 1.51. The van der Waals surface area contributed by atoms with Crippen molar-refractivity contribution in [1.29, 1.82) is 0 Å². The Kier molecular flexibility index (Phi) is 6.37. The van der Waals surface area contributed by atoms with E-state index in [9.17, 15) is 14.4 Å². The lowest BCUT2D eigenvalue weighted by Crippen LogP contribution is -2.57. The summed E-state index contributed by atoms with van der Waals surface area (Å²) >= 11 is 0. The van der Waals surface area contributed by atoms with E-state index in [1.807, 2.05) is 0 Å². The number of alkyl carbamates (subject to hydrolysis) is 1. The molecule has 0 radical (unpaired) electrons. The molecule has 23 heavy (non-hydrogen) atoms. The fraction of sp³-hybridized carbons (Fsp3) is 0.800. The van der Waals surface area contributed by atoms with Crippen LogP contribution in [-0.4, -0.2) is 48.2 Å². The summed E-state index contributed by atoms with van der Waals surface area (Å²) < 4.78 is 21.0. The van der Waals surface area contributed by atoms with Crippen molar-refractivity contribution >= 4 is 18.0 Å². The summed E-state index contributed by atoms with van der Waals surface area (Å²) in [6, 6.07) is -0.596. The first kappa shape index (κ1) is 19.2. The predicted molar refractivity (Wildman–Crippen MR) is 79.4 cm³/mol. The van der Waals surface area contributed by atoms with E-state index in [-0.39, 0.29) is 6.42 Å². The van der Waals surface area contributed by atoms with E-state index in [2.05, 4.69) is 5.32 Å². The van der Waals surface area contributed by atoms with Crippen molar-refractivity contribution in [2.75, 3.05) is 0 Å². The molecule has 1 saturated heterocycles. The summed E-state index contributed by atoms with van der Waals surface area (Å²) in [6.07, 6.45) is -2.57. The molecule has 0 spiro atoms. The van der Waals surface area contributed by atoms with Gasteiger partial charge in [-0.25, -0.2) is 4.79 Å². The zero-order valence-electron chi connectivity index (χ0n) is 14.4. The normalized spacial score (nSPS) is 27.7. The lowest BCUT2D eigenvalue weighted by molar-refractivity contribution is -0.228. The molecule has 0 saturated carbocycles. The SMILES string of the molecule is CC(=O)O[C@H]1C[C@H](NC(=O)OC(C)(C)C)[C@@H](OC(C)=O)[C@H](C)O1. The van der Waals surface area contributed by atoms with Crippen LogP contribution in [0.15, 0.2) is 0 Å². The number of esters is 2. The molecular formula is C15H25NO7. The summed E-state index contributed by atoms with van der Waals surface area (Å²) in [5.41, 5.74) is -0.660. The maximum absolute atomic E-state index is 12.0. The van der Waals surface area contributed by atoms with Crippen molar-refractivity contribution in [3.05, 3.63) is 0 Å². The number of hydrogen-bond donors (Lipinski definition) is 1. The second-order valence-electron chi connectivity index (χ2n) is 6.44. The summed E-state index contributed by atoms with van der Waals surface area (Å²) in [4.78, 5) is 34.3. The van der Waals surface area contributed by atoms with E-state index in [4.69, 9.17) is 18.9 Å². The van der Waals surface area contributed by atoms with Crippen LogP contribution in [0.5, 0.6) is 0 Å². The Balaban J connectivity index is 2.82. The van der Waals surface area contributed by atoms with Gasteiger partial charge in [0.2, 0.25) is 6.29 Å². The Morgan fingerprint density at radius 3 is 2.13 bits per heavy atom. The minimum atomic E-state index is -0.825. The van der Waals surface area contributed by atoms with E-state index >= 15 is 0 Å². The molecule has 1 aliphatic heterocycles. The Morgan fingerprint density at radius 1 is 1.09 bits per heavy atom. The molecule has 0 aromatic heterocycles. The number of hydrogen-bond acceptors (Lipinski definition) is 7. The molecule has 0 unspecified atom stereocenters. The Morgan fingerprint density at radius 2 is 1.65 bits per heavy atom. The second-order valence-corrected chi connectivity index (χ2v) is 6.44. The lowest BCUT2D eigenvalue weighted by Gasteiger charge is -2.39. The van der Waals surface area contributed by atoms with Gasteiger partial charge in [-0.2, -0.15) is 0 Å². The first-order chi connectivity index (χ1) is 10.5. The fourth-order valence-electron chi connectivity index (χ4n) is 2.27. The molecule has 8 nitrogen and oxygen atoms in total. The van der Waals surface area contributed by atoms with Gasteiger partial charge in [0.15, 0.2) is 0 Å². The van der Waals surface area contributed by atoms with Crippen LogP contribution in [0.1, 0.15) is 48.0 Å². The van der Waals surface area contributed by atoms with E-state index in [0.29, 0.717) is 0 Å². The van der Waals surface area contributed by atoms with Crippen LogP contribution >= 0.6 is 0 Å². The molecule has 1 heterocycles. The van der Waals surface area contributed by atoms with E-state index < -0.39 is 48.2 Å². The van der Waals surface area contributed by atoms with Crippen molar-refractivity contribution in [1.82, 2.24) is 5.32 Å². The third-order valence-corrected chi connectivity index (χ3v) is 2.97. The fourth-order valence-corrected chi connectivity index (χ4v) is 2.27. The van der Waals surface area contributed by atoms with Gasteiger partial charge in [-0.1, -0.05) is 0 Å². The third-order valence-electron chi connectivity index (χ3n) is 2.97. The largest absolute Gasteiger partial charge is 0.458 e. The van der Waals surface area contributed by atoms with Crippen molar-refractivity contribution < 1.29 is 33.3 Å². The molecule has 4 atom stereocenters. The standard InChI is InChI=1S/C15H25NO7/c1-8-13(22-10(3)18)11(7-12(20-8)21-9(2)17)16-14(19)23-15(4,5)6/h8,11-13H,7H2,1-6H3,(H,16,19)/t8-,11-,12-,13-/m0/s1. The Bertz CT molecular complexity index is 457. The van der Waals surface area contributed by atoms with Gasteiger partial charge in [0.25, 0.3) is 0 Å². The molecule has 1 amide bonds. The Labute approximate surface area is 135 Å². The first-order valence-corrected chi connectivity index (χ1v) is 7.47. The zero-order valence-corrected chi connectivity index (χ0v) is 14.4. The van der Waals surface area contributed by atoms with Crippen LogP contribution in [0.3, 0.4) is 0 Å². The summed E-state index contributed by atoms with van der Waals surface area (Å²) in [6.45, 7) is 9.43. The van der Waals surface area contributed by atoms with Gasteiger partial charge in [-0.05, 0) is 27.7 Å². The molecule has 0 aliphatic carbocycles. The van der Waals surface area contributed by atoms with Gasteiger partial charge in [0, 0.05) is 20.3 Å². The monoisotopic (exact) mass is 331 g/mol. The number of amides is 1. The number of rotatable bonds is 3. The summed E-state index contributed by atoms with van der Waals surface area (Å²) in [5, 5.41) is 2.65. The van der Waals surface area contributed by atoms with Crippen LogP contribution in [0.4, 0.5) is 4.79 Å². The molecule has 0 aromatic carbocycles. The number of carbonyl (C=O) groups is 3. The van der Waals surface area contributed by atoms with Gasteiger partial charge in [-0.15, -0.1) is 0 Å². The smallest absolute Gasteiger partial charge is 0.408 e. The first-order valence-electron chi connectivity index (χ1n) is 7.47. The molecule has 1 N–H and O–H groups in total. The average Bonchev–Trinajstić information content (AvgIpc) is 2.29. The lowest BCUT2D eigenvalue weighted by atomic mass is 9.99. The molecular weight excluding hydrogens is 306 g/mol. The van der Waals surface area contributed by atoms with Crippen molar-refractivity contribution in [3.8, 4) is 0 Å². The van der Waals surface area contributed by atoms with E-state index in [1.54, 1.807) is 27.7 Å². The maximum Gasteiger partial charge on any atom is 0.408 e. The van der Waals surface area contributed by atoms with E-state index in [0.717, 1.165) is 0 Å². The number of ether oxygens (including phenoxy) is 4. The van der Waals surface area contributed by atoms with Crippen LogP contribution in [0.25, 0.3) is 0 Å². The molecule has 1 rings (SSSR count). The topological polar surface area (TPSA) is 100 Å². The van der Waals surface area contributed by atoms with Crippen LogP contribution in [-0.2, 0) is 28.5 Å². The van der Waals surface area contributed by atoms with Crippen LogP contribution in [0, 0.1) is 0 Å². The highest BCUT2D eigenvalue weighted by Crippen LogP contribution is 2.24. The molecule has 1 aliphatic rings. The molecule has 1 fully saturated rings. The van der Waals surface area contributed by atoms with Crippen molar-refractivity contribution in [2.45, 2.75) is 78.1 Å². The zero-order chi connectivity index (χ0) is 17.8. The minimum Gasteiger partial charge on any atom is -0.458 e. The Hall–Kier alpha value is -1.83. The van der Waals surface area contributed by atoms with E-state index in [1.165, 1.54) is 13.8 Å². The molecule has 8 heteroatoms. The highest BCUT2D eigenvalue weighted by molar-refractivity contribution is 5.69. The molecule has 132 valence electrons. The molecule has 0 bridgehead atoms. The van der Waals surface area contributed by atoms with Gasteiger partial charge >= 0.3 is 18.0 Å². The summed E-state index contributed by atoms with van der Waals surface area (Å²) in [5.74, 6) is -0.989. The highest BCUT2D eigenvalue weighted by atomic mass is 16.7. The second kappa shape index (κ2) is 7.63. The van der Waals surface area contributed by atoms with Crippen molar-refractivity contribution in [3.63, 3.8) is 0 Å². The van der Waals surface area contributed by atoms with Gasteiger partial charge in [-0.3, -0.25) is 9.59 Å². The molecule has 0 aromatic rings. The van der Waals surface area contributed by atoms with Crippen LogP contribution in [0.2, 0.25) is 0 Å². The third kappa shape index (κ3) is 6.85. The van der Waals surface area contributed by atoms with Gasteiger partial charge in [0.05, 0.1) is 12.1 Å². The van der Waals surface area contributed by atoms with Gasteiger partial charge in [0.1, 0.15) is 11.7 Å².